The van der Waals surface area contributed by atoms with Crippen molar-refractivity contribution in [1.82, 2.24) is 0 Å². The maximum atomic E-state index is 12.9. The summed E-state index contributed by atoms with van der Waals surface area (Å²) in [4.78, 5) is 25.7. The lowest BCUT2D eigenvalue weighted by atomic mass is 10.1. The molecule has 0 aromatic heterocycles. The number of anilines is 1. The van der Waals surface area contributed by atoms with Crippen LogP contribution >= 0.6 is 24.0 Å². The van der Waals surface area contributed by atoms with E-state index in [2.05, 4.69) is 0 Å². The second-order valence-corrected chi connectivity index (χ2v) is 7.85. The number of amides is 1. The zero-order valence-corrected chi connectivity index (χ0v) is 17.5. The zero-order valence-electron chi connectivity index (χ0n) is 15.9. The van der Waals surface area contributed by atoms with Gasteiger partial charge in [-0.05, 0) is 55.3 Å². The van der Waals surface area contributed by atoms with Crippen LogP contribution in [0.5, 0.6) is 11.5 Å². The number of carbonyl (C=O) groups is 2. The molecule has 6 nitrogen and oxygen atoms in total. The van der Waals surface area contributed by atoms with E-state index in [1.54, 1.807) is 24.3 Å². The number of carbonyl (C=O) groups excluding carboxylic acids is 1. The van der Waals surface area contributed by atoms with Crippen molar-refractivity contribution in [3.8, 4) is 11.5 Å². The summed E-state index contributed by atoms with van der Waals surface area (Å²) in [7, 11) is 0. The lowest BCUT2D eigenvalue weighted by Gasteiger charge is -2.14. The largest absolute Gasteiger partial charge is 0.490 e. The molecule has 8 heteroatoms. The third-order valence-electron chi connectivity index (χ3n) is 3.97. The van der Waals surface area contributed by atoms with Crippen molar-refractivity contribution in [2.24, 2.45) is 0 Å². The van der Waals surface area contributed by atoms with Gasteiger partial charge in [-0.25, -0.2) is 4.79 Å². The normalized spacial score (nSPS) is 15.1. The summed E-state index contributed by atoms with van der Waals surface area (Å²) in [6, 6.07) is 12.7. The second kappa shape index (κ2) is 9.11. The summed E-state index contributed by atoms with van der Waals surface area (Å²) in [5.41, 5.74) is 2.50. The molecule has 0 unspecified atom stereocenters. The predicted octanol–water partition coefficient (Wildman–Crippen LogP) is 4.26. The monoisotopic (exact) mass is 429 g/mol. The summed E-state index contributed by atoms with van der Waals surface area (Å²) in [6.07, 6.45) is 1.73. The van der Waals surface area contributed by atoms with Gasteiger partial charge in [0.1, 0.15) is 0 Å². The number of aliphatic carboxylic acids is 1. The van der Waals surface area contributed by atoms with Crippen LogP contribution in [0.1, 0.15) is 18.1 Å². The molecule has 0 atom stereocenters. The maximum Gasteiger partial charge on any atom is 0.341 e. The molecule has 0 radical (unpaired) electrons. The van der Waals surface area contributed by atoms with Gasteiger partial charge in [-0.1, -0.05) is 42.2 Å². The fraction of sp³-hybridized carbons (Fsp3) is 0.190. The number of hydrogen-bond acceptors (Lipinski definition) is 6. The van der Waals surface area contributed by atoms with Gasteiger partial charge < -0.3 is 14.6 Å². The molecule has 1 saturated heterocycles. The highest BCUT2D eigenvalue weighted by Crippen LogP contribution is 2.37. The number of carboxylic acids is 1. The summed E-state index contributed by atoms with van der Waals surface area (Å²) < 4.78 is 11.3. The summed E-state index contributed by atoms with van der Waals surface area (Å²) in [6.45, 7) is 3.71. The van der Waals surface area contributed by atoms with Crippen molar-refractivity contribution in [2.75, 3.05) is 18.1 Å². The molecule has 0 spiro atoms. The first-order valence-corrected chi connectivity index (χ1v) is 10.1. The van der Waals surface area contributed by atoms with Crippen LogP contribution in [0.25, 0.3) is 6.08 Å². The van der Waals surface area contributed by atoms with Crippen molar-refractivity contribution in [3.05, 3.63) is 58.5 Å². The minimum atomic E-state index is -1.07. The molecule has 1 amide bonds. The molecule has 1 aliphatic heterocycles. The average molecular weight is 430 g/mol. The van der Waals surface area contributed by atoms with Crippen LogP contribution in [-0.4, -0.2) is 34.5 Å². The van der Waals surface area contributed by atoms with E-state index in [1.165, 1.54) is 16.7 Å². The molecule has 0 aliphatic carbocycles. The third kappa shape index (κ3) is 4.96. The Kier molecular flexibility index (Phi) is 6.56. The van der Waals surface area contributed by atoms with Crippen LogP contribution in [0, 0.1) is 6.92 Å². The van der Waals surface area contributed by atoms with Gasteiger partial charge in [-0.15, -0.1) is 0 Å². The van der Waals surface area contributed by atoms with Crippen molar-refractivity contribution >= 4 is 51.9 Å². The quantitative estimate of drug-likeness (QED) is 0.520. The lowest BCUT2D eigenvalue weighted by Crippen LogP contribution is -2.27. The number of benzene rings is 2. The smallest absolute Gasteiger partial charge is 0.341 e. The maximum absolute atomic E-state index is 12.9. The Bertz CT molecular complexity index is 1000. The Morgan fingerprint density at radius 1 is 1.21 bits per heavy atom. The van der Waals surface area contributed by atoms with Gasteiger partial charge >= 0.3 is 5.97 Å². The number of rotatable bonds is 7. The molecule has 1 heterocycles. The standard InChI is InChI=1S/C21H19NO5S2/c1-3-26-17-10-14(7-8-16(17)27-12-19(23)24)11-18-20(25)22(21(28)29-18)15-6-4-5-13(2)9-15/h4-11H,3,12H2,1-2H3,(H,23,24)/b18-11+. The number of thiocarbonyl (C=S) groups is 1. The Balaban J connectivity index is 1.87. The highest BCUT2D eigenvalue weighted by atomic mass is 32.2. The van der Waals surface area contributed by atoms with Gasteiger partial charge in [-0.2, -0.15) is 0 Å². The first kappa shape index (κ1) is 20.9. The zero-order chi connectivity index (χ0) is 21.0. The van der Waals surface area contributed by atoms with E-state index in [4.69, 9.17) is 26.8 Å². The molecular formula is C21H19NO5S2. The molecule has 2 aromatic carbocycles. The van der Waals surface area contributed by atoms with Gasteiger partial charge in [0, 0.05) is 0 Å². The second-order valence-electron chi connectivity index (χ2n) is 6.18. The van der Waals surface area contributed by atoms with Crippen molar-refractivity contribution in [2.45, 2.75) is 13.8 Å². The molecule has 3 rings (SSSR count). The van der Waals surface area contributed by atoms with E-state index in [1.807, 2.05) is 38.1 Å². The number of aryl methyl sites for hydroxylation is 1. The first-order chi connectivity index (χ1) is 13.9. The predicted molar refractivity (Wildman–Crippen MR) is 118 cm³/mol. The van der Waals surface area contributed by atoms with Crippen LogP contribution in [0.15, 0.2) is 47.4 Å². The average Bonchev–Trinajstić information content (AvgIpc) is 2.94. The summed E-state index contributed by atoms with van der Waals surface area (Å²) in [5.74, 6) is -0.513. The Labute approximate surface area is 178 Å². The Morgan fingerprint density at radius 2 is 2.00 bits per heavy atom. The van der Waals surface area contributed by atoms with E-state index >= 15 is 0 Å². The molecule has 1 N–H and O–H groups in total. The van der Waals surface area contributed by atoms with E-state index in [0.29, 0.717) is 27.3 Å². The molecule has 2 aromatic rings. The fourth-order valence-corrected chi connectivity index (χ4v) is 4.05. The SMILES string of the molecule is CCOc1cc(/C=C2/SC(=S)N(c3cccc(C)c3)C2=O)ccc1OCC(=O)O. The summed E-state index contributed by atoms with van der Waals surface area (Å²) in [5, 5.41) is 8.80. The molecule has 0 saturated carbocycles. The number of carboxylic acid groups (broad SMARTS) is 1. The molecular weight excluding hydrogens is 410 g/mol. The molecule has 1 fully saturated rings. The van der Waals surface area contributed by atoms with Crippen molar-refractivity contribution in [3.63, 3.8) is 0 Å². The van der Waals surface area contributed by atoms with Gasteiger partial charge in [0.15, 0.2) is 22.4 Å². The Hall–Kier alpha value is -2.84. The summed E-state index contributed by atoms with van der Waals surface area (Å²) >= 11 is 6.64. The topological polar surface area (TPSA) is 76.1 Å². The van der Waals surface area contributed by atoms with Gasteiger partial charge in [0.25, 0.3) is 5.91 Å². The van der Waals surface area contributed by atoms with Crippen LogP contribution < -0.4 is 14.4 Å². The Morgan fingerprint density at radius 3 is 2.69 bits per heavy atom. The number of nitrogens with zero attached hydrogens (tertiary/aromatic N) is 1. The highest BCUT2D eigenvalue weighted by Gasteiger charge is 2.33. The van der Waals surface area contributed by atoms with Gasteiger partial charge in [-0.3, -0.25) is 9.69 Å². The third-order valence-corrected chi connectivity index (χ3v) is 5.27. The minimum absolute atomic E-state index is 0.185. The molecule has 150 valence electrons. The lowest BCUT2D eigenvalue weighted by molar-refractivity contribution is -0.139. The number of hydrogen-bond donors (Lipinski definition) is 1. The molecule has 29 heavy (non-hydrogen) atoms. The van der Waals surface area contributed by atoms with Crippen LogP contribution in [-0.2, 0) is 9.59 Å². The fourth-order valence-electron chi connectivity index (χ4n) is 2.75. The van der Waals surface area contributed by atoms with Crippen molar-refractivity contribution < 1.29 is 24.2 Å². The van der Waals surface area contributed by atoms with Crippen LogP contribution in [0.3, 0.4) is 0 Å². The van der Waals surface area contributed by atoms with E-state index < -0.39 is 12.6 Å². The minimum Gasteiger partial charge on any atom is -0.490 e. The van der Waals surface area contributed by atoms with E-state index in [9.17, 15) is 9.59 Å². The van der Waals surface area contributed by atoms with Crippen LogP contribution in [0.2, 0.25) is 0 Å². The molecule has 1 aliphatic rings. The van der Waals surface area contributed by atoms with E-state index in [-0.39, 0.29) is 5.91 Å². The first-order valence-electron chi connectivity index (χ1n) is 8.85. The number of ether oxygens (including phenoxy) is 2. The van der Waals surface area contributed by atoms with Gasteiger partial charge in [0.2, 0.25) is 0 Å². The van der Waals surface area contributed by atoms with E-state index in [0.717, 1.165) is 16.8 Å². The highest BCUT2D eigenvalue weighted by molar-refractivity contribution is 8.27. The van der Waals surface area contributed by atoms with Crippen molar-refractivity contribution in [1.29, 1.82) is 0 Å². The van der Waals surface area contributed by atoms with Gasteiger partial charge in [0.05, 0.1) is 17.2 Å². The molecule has 0 bridgehead atoms. The number of thioether (sulfide) groups is 1. The van der Waals surface area contributed by atoms with Crippen LogP contribution in [0.4, 0.5) is 5.69 Å².